The highest BCUT2D eigenvalue weighted by molar-refractivity contribution is 5.95. The number of benzene rings is 2. The van der Waals surface area contributed by atoms with E-state index in [1.165, 1.54) is 10.8 Å². The number of aliphatic imine (C=N–C) groups is 1. The van der Waals surface area contributed by atoms with Crippen LogP contribution >= 0.6 is 0 Å². The van der Waals surface area contributed by atoms with Gasteiger partial charge in [0, 0.05) is 35.6 Å². The molecule has 2 heteroatoms. The fraction of sp³-hybridized carbons (Fsp3) is 0.167. The van der Waals surface area contributed by atoms with Crippen LogP contribution in [0.2, 0.25) is 0 Å². The van der Waals surface area contributed by atoms with E-state index in [0.29, 0.717) is 6.04 Å². The number of aromatic nitrogens is 1. The van der Waals surface area contributed by atoms with Crippen molar-refractivity contribution < 1.29 is 0 Å². The van der Waals surface area contributed by atoms with Gasteiger partial charge in [0.2, 0.25) is 0 Å². The Kier molecular flexibility index (Phi) is 3.38. The highest BCUT2D eigenvalue weighted by Crippen LogP contribution is 2.25. The second-order valence-corrected chi connectivity index (χ2v) is 5.24. The second-order valence-electron chi connectivity index (χ2n) is 5.24. The summed E-state index contributed by atoms with van der Waals surface area (Å²) in [4.78, 5) is 4.64. The molecule has 1 heterocycles. The summed E-state index contributed by atoms with van der Waals surface area (Å²) in [5.41, 5.74) is 2.15. The van der Waals surface area contributed by atoms with Crippen LogP contribution in [0.25, 0.3) is 10.8 Å². The zero-order valence-electron chi connectivity index (χ0n) is 11.8. The summed E-state index contributed by atoms with van der Waals surface area (Å²) in [5, 5.41) is 2.41. The van der Waals surface area contributed by atoms with E-state index in [2.05, 4.69) is 78.3 Å². The van der Waals surface area contributed by atoms with Crippen molar-refractivity contribution in [2.24, 2.45) is 4.99 Å². The summed E-state index contributed by atoms with van der Waals surface area (Å²) in [6, 6.07) is 17.1. The van der Waals surface area contributed by atoms with Gasteiger partial charge in [-0.3, -0.25) is 4.99 Å². The van der Waals surface area contributed by atoms with Crippen LogP contribution in [0, 0.1) is 0 Å². The molecule has 0 radical (unpaired) electrons. The molecular formula is C18H18N2. The van der Waals surface area contributed by atoms with Crippen LogP contribution in [0.5, 0.6) is 0 Å². The van der Waals surface area contributed by atoms with E-state index >= 15 is 0 Å². The molecule has 0 unspecified atom stereocenters. The van der Waals surface area contributed by atoms with E-state index in [1.807, 2.05) is 12.3 Å². The summed E-state index contributed by atoms with van der Waals surface area (Å²) < 4.78 is 2.18. The van der Waals surface area contributed by atoms with Gasteiger partial charge in [0.05, 0.1) is 5.69 Å². The van der Waals surface area contributed by atoms with Crippen LogP contribution in [-0.4, -0.2) is 10.8 Å². The van der Waals surface area contributed by atoms with Gasteiger partial charge in [-0.25, -0.2) is 0 Å². The van der Waals surface area contributed by atoms with Crippen molar-refractivity contribution in [2.75, 3.05) is 0 Å². The molecule has 0 aliphatic heterocycles. The fourth-order valence-corrected chi connectivity index (χ4v) is 2.29. The first-order chi connectivity index (χ1) is 9.74. The topological polar surface area (TPSA) is 17.3 Å². The molecule has 0 bridgehead atoms. The predicted molar refractivity (Wildman–Crippen MR) is 86.0 cm³/mol. The maximum atomic E-state index is 4.64. The minimum atomic E-state index is 0.481. The van der Waals surface area contributed by atoms with Crippen LogP contribution in [0.3, 0.4) is 0 Å². The van der Waals surface area contributed by atoms with Crippen molar-refractivity contribution >= 4 is 22.7 Å². The molecule has 2 nitrogen and oxygen atoms in total. The highest BCUT2D eigenvalue weighted by atomic mass is 15.0. The van der Waals surface area contributed by atoms with Gasteiger partial charge in [-0.1, -0.05) is 36.4 Å². The molecule has 2 aromatic carbocycles. The van der Waals surface area contributed by atoms with Gasteiger partial charge < -0.3 is 4.57 Å². The molecule has 0 amide bonds. The summed E-state index contributed by atoms with van der Waals surface area (Å²) in [7, 11) is 0. The Labute approximate surface area is 119 Å². The minimum absolute atomic E-state index is 0.481. The highest BCUT2D eigenvalue weighted by Gasteiger charge is 1.99. The first-order valence-electron chi connectivity index (χ1n) is 6.93. The van der Waals surface area contributed by atoms with Gasteiger partial charge in [0.25, 0.3) is 0 Å². The number of nitrogens with zero attached hydrogens (tertiary/aromatic N) is 2. The Balaban J connectivity index is 1.94. The zero-order chi connectivity index (χ0) is 13.9. The molecule has 100 valence electrons. The standard InChI is InChI=1S/C18H18N2/c1-14(2)20-11-10-15(13-20)12-19-18-9-5-7-16-6-3-4-8-17(16)18/h3-14H,1-2H3. The van der Waals surface area contributed by atoms with E-state index in [9.17, 15) is 0 Å². The summed E-state index contributed by atoms with van der Waals surface area (Å²) >= 11 is 0. The molecule has 0 saturated carbocycles. The van der Waals surface area contributed by atoms with Crippen molar-refractivity contribution in [2.45, 2.75) is 19.9 Å². The lowest BCUT2D eigenvalue weighted by Crippen LogP contribution is -1.95. The van der Waals surface area contributed by atoms with Crippen LogP contribution in [0.1, 0.15) is 25.5 Å². The first-order valence-corrected chi connectivity index (χ1v) is 6.93. The third-order valence-electron chi connectivity index (χ3n) is 3.45. The Morgan fingerprint density at radius 3 is 2.60 bits per heavy atom. The molecule has 3 aromatic rings. The molecule has 0 fully saturated rings. The van der Waals surface area contributed by atoms with Gasteiger partial charge >= 0.3 is 0 Å². The largest absolute Gasteiger partial charge is 0.351 e. The number of hydrogen-bond acceptors (Lipinski definition) is 1. The van der Waals surface area contributed by atoms with Crippen molar-refractivity contribution in [3.63, 3.8) is 0 Å². The Morgan fingerprint density at radius 2 is 1.80 bits per heavy atom. The van der Waals surface area contributed by atoms with Crippen LogP contribution in [0.4, 0.5) is 5.69 Å². The summed E-state index contributed by atoms with van der Waals surface area (Å²) in [6.45, 7) is 4.34. The van der Waals surface area contributed by atoms with E-state index < -0.39 is 0 Å². The van der Waals surface area contributed by atoms with E-state index in [0.717, 1.165) is 11.3 Å². The van der Waals surface area contributed by atoms with Gasteiger partial charge in [-0.15, -0.1) is 0 Å². The van der Waals surface area contributed by atoms with Crippen molar-refractivity contribution in [1.82, 2.24) is 4.57 Å². The van der Waals surface area contributed by atoms with Crippen molar-refractivity contribution in [3.05, 3.63) is 66.5 Å². The molecule has 1 aromatic heterocycles. The molecule has 0 N–H and O–H groups in total. The molecule has 0 aliphatic rings. The maximum absolute atomic E-state index is 4.64. The van der Waals surface area contributed by atoms with Crippen molar-refractivity contribution in [3.8, 4) is 0 Å². The molecule has 0 aliphatic carbocycles. The molecule has 0 saturated heterocycles. The third kappa shape index (κ3) is 2.50. The third-order valence-corrected chi connectivity index (χ3v) is 3.45. The van der Waals surface area contributed by atoms with Crippen molar-refractivity contribution in [1.29, 1.82) is 0 Å². The molecule has 0 atom stereocenters. The van der Waals surface area contributed by atoms with Gasteiger partial charge in [0.1, 0.15) is 0 Å². The lowest BCUT2D eigenvalue weighted by molar-refractivity contribution is 0.603. The quantitative estimate of drug-likeness (QED) is 0.593. The van der Waals surface area contributed by atoms with E-state index in [4.69, 9.17) is 0 Å². The van der Waals surface area contributed by atoms with E-state index in [1.54, 1.807) is 0 Å². The van der Waals surface area contributed by atoms with E-state index in [-0.39, 0.29) is 0 Å². The lowest BCUT2D eigenvalue weighted by Gasteiger charge is -2.04. The first kappa shape index (κ1) is 12.7. The normalized spacial score (nSPS) is 11.8. The smallest absolute Gasteiger partial charge is 0.0708 e. The molecule has 0 spiro atoms. The van der Waals surface area contributed by atoms with Gasteiger partial charge in [0.15, 0.2) is 0 Å². The second kappa shape index (κ2) is 5.33. The predicted octanol–water partition coefficient (Wildman–Crippen LogP) is 4.97. The number of rotatable bonds is 3. The fourth-order valence-electron chi connectivity index (χ4n) is 2.29. The number of hydrogen-bond donors (Lipinski definition) is 0. The summed E-state index contributed by atoms with van der Waals surface area (Å²) in [6.07, 6.45) is 6.15. The van der Waals surface area contributed by atoms with Gasteiger partial charge in [-0.05, 0) is 31.4 Å². The Hall–Kier alpha value is -2.35. The van der Waals surface area contributed by atoms with Crippen LogP contribution in [-0.2, 0) is 0 Å². The lowest BCUT2D eigenvalue weighted by atomic mass is 10.1. The Morgan fingerprint density at radius 1 is 1.00 bits per heavy atom. The van der Waals surface area contributed by atoms with Crippen LogP contribution < -0.4 is 0 Å². The Bertz CT molecular complexity index is 745. The van der Waals surface area contributed by atoms with Crippen LogP contribution in [0.15, 0.2) is 65.9 Å². The molecular weight excluding hydrogens is 244 g/mol. The maximum Gasteiger partial charge on any atom is 0.0708 e. The summed E-state index contributed by atoms with van der Waals surface area (Å²) in [5.74, 6) is 0. The average Bonchev–Trinajstić information content (AvgIpc) is 2.94. The molecule has 20 heavy (non-hydrogen) atoms. The van der Waals surface area contributed by atoms with Gasteiger partial charge in [-0.2, -0.15) is 0 Å². The number of fused-ring (bicyclic) bond motifs is 1. The SMILES string of the molecule is CC(C)n1ccc(C=Nc2cccc3ccccc23)c1. The average molecular weight is 262 g/mol. The molecule has 3 rings (SSSR count). The minimum Gasteiger partial charge on any atom is -0.351 e. The zero-order valence-corrected chi connectivity index (χ0v) is 11.8. The monoisotopic (exact) mass is 262 g/mol.